The molecule has 5 rings (SSSR count). The lowest BCUT2D eigenvalue weighted by atomic mass is 9.74. The van der Waals surface area contributed by atoms with Crippen molar-refractivity contribution >= 4 is 23.4 Å². The minimum atomic E-state index is -1.34. The van der Waals surface area contributed by atoms with E-state index < -0.39 is 35.1 Å². The molecule has 4 aliphatic rings. The minimum absolute atomic E-state index is 0.188. The predicted octanol–water partition coefficient (Wildman–Crippen LogP) is 1.37. The van der Waals surface area contributed by atoms with Gasteiger partial charge in [0.2, 0.25) is 11.8 Å². The van der Waals surface area contributed by atoms with Crippen LogP contribution in [-0.2, 0) is 19.1 Å². The third-order valence-corrected chi connectivity index (χ3v) is 8.16. The molecular formula is C27H33N3O6. The van der Waals surface area contributed by atoms with Crippen molar-refractivity contribution in [2.24, 2.45) is 11.8 Å². The first-order valence-electron chi connectivity index (χ1n) is 12.4. The molecular weight excluding hydrogens is 462 g/mol. The molecule has 1 aromatic carbocycles. The fourth-order valence-corrected chi connectivity index (χ4v) is 6.38. The van der Waals surface area contributed by atoms with Crippen LogP contribution < -0.4 is 9.64 Å². The number of aliphatic hydroxyl groups excluding tert-OH is 1. The van der Waals surface area contributed by atoms with Crippen molar-refractivity contribution < 1.29 is 29.0 Å². The third-order valence-electron chi connectivity index (χ3n) is 8.16. The maximum atomic E-state index is 14.3. The highest BCUT2D eigenvalue weighted by atomic mass is 16.5. The number of aliphatic hydroxyl groups is 1. The normalized spacial score (nSPS) is 34.3. The standard InChI is InChI=1S/C27H33N3O6/c1-5-17(16-31)30-22-25(34)29(18-8-10-19(35-4)11-9-18)15-7-13-27(22)21(24(30)33)20-23(32)28(3)14-6-12-26(20,2)36-27/h6-13,17,20-22,31H,5,14-16H2,1-4H3/t17-,20+,21-,22?,26-,27-/m0/s1. The monoisotopic (exact) mass is 495 g/mol. The van der Waals surface area contributed by atoms with Gasteiger partial charge in [0.15, 0.2) is 0 Å². The molecule has 1 spiro atoms. The smallest absolute Gasteiger partial charge is 0.253 e. The van der Waals surface area contributed by atoms with E-state index in [0.29, 0.717) is 24.4 Å². The molecule has 0 saturated carbocycles. The topological polar surface area (TPSA) is 99.6 Å². The second-order valence-electron chi connectivity index (χ2n) is 10.2. The van der Waals surface area contributed by atoms with Crippen LogP contribution in [0.15, 0.2) is 48.6 Å². The number of likely N-dealkylation sites (tertiary alicyclic amines) is 1. The fraction of sp³-hybridized carbons (Fsp3) is 0.519. The van der Waals surface area contributed by atoms with Crippen molar-refractivity contribution in [3.63, 3.8) is 0 Å². The molecule has 0 aromatic heterocycles. The van der Waals surface area contributed by atoms with E-state index >= 15 is 0 Å². The van der Waals surface area contributed by atoms with Crippen LogP contribution in [0, 0.1) is 11.8 Å². The van der Waals surface area contributed by atoms with E-state index in [2.05, 4.69) is 0 Å². The Hall–Kier alpha value is -3.17. The number of carbonyl (C=O) groups excluding carboxylic acids is 3. The van der Waals surface area contributed by atoms with Crippen LogP contribution in [0.25, 0.3) is 0 Å². The Morgan fingerprint density at radius 3 is 2.39 bits per heavy atom. The SMILES string of the molecule is CC[C@@H](CO)N1C(=O)[C@@H]2[C@@H]3C(=O)N(C)CC=C[C@]3(C)O[C@@]23C=CCN(c2ccc(OC)cc2)C(=O)C13. The van der Waals surface area contributed by atoms with Crippen molar-refractivity contribution in [1.29, 1.82) is 0 Å². The van der Waals surface area contributed by atoms with Gasteiger partial charge in [-0.25, -0.2) is 0 Å². The summed E-state index contributed by atoms with van der Waals surface area (Å²) in [6, 6.07) is 5.55. The van der Waals surface area contributed by atoms with Crippen molar-refractivity contribution in [2.45, 2.75) is 43.6 Å². The number of benzene rings is 1. The highest BCUT2D eigenvalue weighted by Crippen LogP contribution is 2.58. The molecule has 4 heterocycles. The molecule has 9 nitrogen and oxygen atoms in total. The highest BCUT2D eigenvalue weighted by Gasteiger charge is 2.75. The van der Waals surface area contributed by atoms with Crippen molar-refractivity contribution in [1.82, 2.24) is 9.80 Å². The summed E-state index contributed by atoms with van der Waals surface area (Å²) in [5.74, 6) is -1.84. The Labute approximate surface area is 210 Å². The van der Waals surface area contributed by atoms with Gasteiger partial charge in [-0.15, -0.1) is 0 Å². The summed E-state index contributed by atoms with van der Waals surface area (Å²) >= 11 is 0. The van der Waals surface area contributed by atoms with E-state index in [9.17, 15) is 19.5 Å². The molecule has 4 aliphatic heterocycles. The number of anilines is 1. The summed E-state index contributed by atoms with van der Waals surface area (Å²) in [6.07, 6.45) is 7.84. The average Bonchev–Trinajstić information content (AvgIpc) is 3.15. The van der Waals surface area contributed by atoms with E-state index in [4.69, 9.17) is 9.47 Å². The number of fused-ring (bicyclic) bond motifs is 2. The van der Waals surface area contributed by atoms with Crippen LogP contribution >= 0.6 is 0 Å². The van der Waals surface area contributed by atoms with E-state index in [1.807, 2.05) is 38.2 Å². The van der Waals surface area contributed by atoms with Crippen LogP contribution in [-0.4, -0.2) is 89.8 Å². The predicted molar refractivity (Wildman–Crippen MR) is 132 cm³/mol. The number of hydrogen-bond acceptors (Lipinski definition) is 6. The van der Waals surface area contributed by atoms with Gasteiger partial charge in [-0.2, -0.15) is 0 Å². The Morgan fingerprint density at radius 1 is 1.06 bits per heavy atom. The zero-order chi connectivity index (χ0) is 25.8. The Morgan fingerprint density at radius 2 is 1.75 bits per heavy atom. The first kappa shape index (κ1) is 24.5. The second kappa shape index (κ2) is 8.74. The molecule has 3 amide bonds. The van der Waals surface area contributed by atoms with Gasteiger partial charge in [-0.05, 0) is 37.6 Å². The summed E-state index contributed by atoms with van der Waals surface area (Å²) in [7, 11) is 3.29. The third kappa shape index (κ3) is 3.33. The molecule has 0 radical (unpaired) electrons. The molecule has 1 aromatic rings. The number of amides is 3. The number of carbonyl (C=O) groups is 3. The lowest BCUT2D eigenvalue weighted by Gasteiger charge is -2.40. The first-order chi connectivity index (χ1) is 17.2. The Balaban J connectivity index is 1.66. The Bertz CT molecular complexity index is 1130. The molecule has 36 heavy (non-hydrogen) atoms. The highest BCUT2D eigenvalue weighted by molar-refractivity contribution is 6.06. The molecule has 6 atom stereocenters. The van der Waals surface area contributed by atoms with E-state index in [-0.39, 0.29) is 30.9 Å². The van der Waals surface area contributed by atoms with E-state index in [1.54, 1.807) is 48.2 Å². The average molecular weight is 496 g/mol. The largest absolute Gasteiger partial charge is 0.497 e. The molecule has 9 heteroatoms. The van der Waals surface area contributed by atoms with Gasteiger partial charge >= 0.3 is 0 Å². The van der Waals surface area contributed by atoms with Crippen molar-refractivity contribution in [3.8, 4) is 5.75 Å². The maximum absolute atomic E-state index is 14.3. The summed E-state index contributed by atoms with van der Waals surface area (Å²) < 4.78 is 12.0. The second-order valence-corrected chi connectivity index (χ2v) is 10.2. The summed E-state index contributed by atoms with van der Waals surface area (Å²) in [5.41, 5.74) is -1.73. The van der Waals surface area contributed by atoms with Gasteiger partial charge in [-0.3, -0.25) is 14.4 Å². The quantitative estimate of drug-likeness (QED) is 0.620. The summed E-state index contributed by atoms with van der Waals surface area (Å²) in [4.78, 5) is 46.8. The number of ether oxygens (including phenoxy) is 2. The van der Waals surface area contributed by atoms with Crippen LogP contribution in [0.2, 0.25) is 0 Å². The number of rotatable bonds is 5. The molecule has 2 saturated heterocycles. The molecule has 1 unspecified atom stereocenters. The molecule has 0 bridgehead atoms. The van der Waals surface area contributed by atoms with E-state index in [1.165, 1.54) is 4.90 Å². The number of nitrogens with zero attached hydrogens (tertiary/aromatic N) is 3. The van der Waals surface area contributed by atoms with Gasteiger partial charge in [0.25, 0.3) is 5.91 Å². The first-order valence-corrected chi connectivity index (χ1v) is 12.4. The van der Waals surface area contributed by atoms with E-state index in [0.717, 1.165) is 0 Å². The lowest BCUT2D eigenvalue weighted by molar-refractivity contribution is -0.150. The lowest BCUT2D eigenvalue weighted by Crippen LogP contribution is -2.58. The fourth-order valence-electron chi connectivity index (χ4n) is 6.38. The zero-order valence-corrected chi connectivity index (χ0v) is 21.1. The minimum Gasteiger partial charge on any atom is -0.497 e. The van der Waals surface area contributed by atoms with Crippen LogP contribution in [0.3, 0.4) is 0 Å². The molecule has 192 valence electrons. The number of methoxy groups -OCH3 is 1. The van der Waals surface area contributed by atoms with Crippen LogP contribution in [0.5, 0.6) is 5.75 Å². The Kier molecular flexibility index (Phi) is 5.95. The van der Waals surface area contributed by atoms with Crippen LogP contribution in [0.1, 0.15) is 20.3 Å². The molecule has 0 aliphatic carbocycles. The summed E-state index contributed by atoms with van der Waals surface area (Å²) in [6.45, 7) is 4.09. The summed E-state index contributed by atoms with van der Waals surface area (Å²) in [5, 5.41) is 10.2. The van der Waals surface area contributed by atoms with Gasteiger partial charge < -0.3 is 29.3 Å². The number of hydrogen-bond donors (Lipinski definition) is 1. The molecule has 1 N–H and O–H groups in total. The zero-order valence-electron chi connectivity index (χ0n) is 21.1. The maximum Gasteiger partial charge on any atom is 0.253 e. The van der Waals surface area contributed by atoms with Crippen LogP contribution in [0.4, 0.5) is 5.69 Å². The number of likely N-dealkylation sites (N-methyl/N-ethyl adjacent to an activating group) is 1. The van der Waals surface area contributed by atoms with Crippen molar-refractivity contribution in [2.75, 3.05) is 38.8 Å². The van der Waals surface area contributed by atoms with Gasteiger partial charge in [0.1, 0.15) is 17.4 Å². The van der Waals surface area contributed by atoms with Gasteiger partial charge in [-0.1, -0.05) is 31.2 Å². The van der Waals surface area contributed by atoms with Crippen molar-refractivity contribution in [3.05, 3.63) is 48.6 Å². The molecule has 2 fully saturated rings. The van der Waals surface area contributed by atoms with Gasteiger partial charge in [0, 0.05) is 25.8 Å². The van der Waals surface area contributed by atoms with Gasteiger partial charge in [0.05, 0.1) is 37.2 Å².